The van der Waals surface area contributed by atoms with Crippen LogP contribution in [0.25, 0.3) is 0 Å². The summed E-state index contributed by atoms with van der Waals surface area (Å²) in [6, 6.07) is 3.99. The van der Waals surface area contributed by atoms with Crippen molar-refractivity contribution in [2.75, 3.05) is 18.5 Å². The number of nitro benzene ring substituents is 1. The number of carbonyl (C=O) groups excluding carboxylic acids is 1. The number of carbonyl (C=O) groups is 1. The molecular weight excluding hydrogens is 274 g/mol. The average Bonchev–Trinajstić information content (AvgIpc) is 2.94. The molecule has 1 aliphatic rings. The van der Waals surface area contributed by atoms with Gasteiger partial charge in [0, 0.05) is 23.6 Å². The van der Waals surface area contributed by atoms with Gasteiger partial charge in [-0.15, -0.1) is 0 Å². The zero-order chi connectivity index (χ0) is 15.5. The number of rotatable bonds is 6. The lowest BCUT2D eigenvalue weighted by Crippen LogP contribution is -2.30. The van der Waals surface area contributed by atoms with Gasteiger partial charge >= 0.3 is 0 Å². The maximum absolute atomic E-state index is 11.2. The highest BCUT2D eigenvalue weighted by Gasteiger charge is 2.33. The molecule has 1 aromatic rings. The lowest BCUT2D eigenvalue weighted by Gasteiger charge is -2.27. The highest BCUT2D eigenvalue weighted by molar-refractivity contribution is 5.94. The first-order valence-electron chi connectivity index (χ1n) is 6.90. The molecule has 0 atom stereocenters. The van der Waals surface area contributed by atoms with Crippen molar-refractivity contribution in [1.29, 1.82) is 0 Å². The minimum Gasteiger partial charge on any atom is -0.396 e. The summed E-state index contributed by atoms with van der Waals surface area (Å²) in [5.74, 6) is -0.634. The molecule has 0 spiro atoms. The number of anilines is 1. The van der Waals surface area contributed by atoms with Gasteiger partial charge in [0.2, 0.25) is 5.91 Å². The van der Waals surface area contributed by atoms with Crippen molar-refractivity contribution in [3.8, 4) is 0 Å². The maximum atomic E-state index is 11.2. The number of nitrogens with two attached hydrogens (primary N) is 1. The Balaban J connectivity index is 2.22. The number of benzene rings is 1. The van der Waals surface area contributed by atoms with Gasteiger partial charge < -0.3 is 16.2 Å². The van der Waals surface area contributed by atoms with Crippen LogP contribution in [0.4, 0.5) is 11.4 Å². The number of aliphatic hydroxyl groups is 1. The standard InChI is InChI=1S/C14H19N3O4/c15-13(19)10-3-4-12(17(20)21)11(7-10)16-8-14(9-18)5-1-2-6-14/h3-4,7,16,18H,1-2,5-6,8-9H2,(H2,15,19). The Kier molecular flexibility index (Phi) is 4.42. The Hall–Kier alpha value is -2.15. The van der Waals surface area contributed by atoms with E-state index in [1.807, 2.05) is 0 Å². The van der Waals surface area contributed by atoms with Gasteiger partial charge in [0.05, 0.1) is 11.5 Å². The van der Waals surface area contributed by atoms with Crippen LogP contribution in [-0.4, -0.2) is 29.1 Å². The number of hydrogen-bond donors (Lipinski definition) is 3. The Bertz CT molecular complexity index is 553. The van der Waals surface area contributed by atoms with Crippen LogP contribution in [0, 0.1) is 15.5 Å². The first kappa shape index (κ1) is 15.2. The average molecular weight is 293 g/mol. The molecule has 1 saturated carbocycles. The third-order valence-corrected chi connectivity index (χ3v) is 4.13. The first-order valence-corrected chi connectivity index (χ1v) is 6.90. The summed E-state index contributed by atoms with van der Waals surface area (Å²) in [5.41, 5.74) is 5.33. The van der Waals surface area contributed by atoms with Crippen molar-refractivity contribution < 1.29 is 14.8 Å². The summed E-state index contributed by atoms with van der Waals surface area (Å²) in [6.07, 6.45) is 3.87. The van der Waals surface area contributed by atoms with Crippen molar-refractivity contribution in [2.24, 2.45) is 11.1 Å². The third kappa shape index (κ3) is 3.30. The predicted molar refractivity (Wildman–Crippen MR) is 78.1 cm³/mol. The summed E-state index contributed by atoms with van der Waals surface area (Å²) >= 11 is 0. The Morgan fingerprint density at radius 3 is 2.62 bits per heavy atom. The largest absolute Gasteiger partial charge is 0.396 e. The number of aliphatic hydroxyl groups excluding tert-OH is 1. The van der Waals surface area contributed by atoms with E-state index in [1.165, 1.54) is 18.2 Å². The van der Waals surface area contributed by atoms with E-state index in [1.54, 1.807) is 0 Å². The fourth-order valence-electron chi connectivity index (χ4n) is 2.79. The minimum atomic E-state index is -0.634. The summed E-state index contributed by atoms with van der Waals surface area (Å²) in [4.78, 5) is 21.7. The van der Waals surface area contributed by atoms with E-state index in [0.717, 1.165) is 25.7 Å². The number of hydrogen-bond acceptors (Lipinski definition) is 5. The van der Waals surface area contributed by atoms with Crippen LogP contribution in [0.15, 0.2) is 18.2 Å². The van der Waals surface area contributed by atoms with E-state index in [9.17, 15) is 20.0 Å². The summed E-state index contributed by atoms with van der Waals surface area (Å²) in [5, 5.41) is 23.6. The lowest BCUT2D eigenvalue weighted by atomic mass is 9.87. The number of nitro groups is 1. The highest BCUT2D eigenvalue weighted by Crippen LogP contribution is 2.38. The molecule has 0 unspecified atom stereocenters. The van der Waals surface area contributed by atoms with Gasteiger partial charge in [0.25, 0.3) is 5.69 Å². The molecule has 21 heavy (non-hydrogen) atoms. The van der Waals surface area contributed by atoms with Crippen molar-refractivity contribution in [2.45, 2.75) is 25.7 Å². The smallest absolute Gasteiger partial charge is 0.292 e. The molecule has 0 radical (unpaired) electrons. The van der Waals surface area contributed by atoms with Crippen LogP contribution in [0.5, 0.6) is 0 Å². The van der Waals surface area contributed by atoms with Crippen LogP contribution < -0.4 is 11.1 Å². The second-order valence-electron chi connectivity index (χ2n) is 5.57. The summed E-state index contributed by atoms with van der Waals surface area (Å²) in [7, 11) is 0. The fourth-order valence-corrected chi connectivity index (χ4v) is 2.79. The molecule has 1 aliphatic carbocycles. The second-order valence-corrected chi connectivity index (χ2v) is 5.57. The van der Waals surface area contributed by atoms with E-state index in [-0.39, 0.29) is 29.0 Å². The molecule has 0 saturated heterocycles. The van der Waals surface area contributed by atoms with E-state index in [0.29, 0.717) is 6.54 Å². The highest BCUT2D eigenvalue weighted by atomic mass is 16.6. The van der Waals surface area contributed by atoms with E-state index >= 15 is 0 Å². The van der Waals surface area contributed by atoms with E-state index in [4.69, 9.17) is 5.73 Å². The van der Waals surface area contributed by atoms with Crippen molar-refractivity contribution in [3.63, 3.8) is 0 Å². The quantitative estimate of drug-likeness (QED) is 0.544. The molecule has 0 aliphatic heterocycles. The molecular formula is C14H19N3O4. The van der Waals surface area contributed by atoms with Gasteiger partial charge in [-0.1, -0.05) is 12.8 Å². The van der Waals surface area contributed by atoms with Crippen molar-refractivity contribution >= 4 is 17.3 Å². The molecule has 1 fully saturated rings. The SMILES string of the molecule is NC(=O)c1ccc([N+](=O)[O-])c(NCC2(CO)CCCC2)c1. The number of primary amides is 1. The first-order chi connectivity index (χ1) is 9.97. The van der Waals surface area contributed by atoms with Crippen LogP contribution in [0.2, 0.25) is 0 Å². The number of nitrogens with zero attached hydrogens (tertiary/aromatic N) is 1. The second kappa shape index (κ2) is 6.09. The van der Waals surface area contributed by atoms with Gasteiger partial charge in [-0.25, -0.2) is 0 Å². The molecule has 4 N–H and O–H groups in total. The third-order valence-electron chi connectivity index (χ3n) is 4.13. The number of amides is 1. The molecule has 1 aromatic carbocycles. The van der Waals surface area contributed by atoms with E-state index in [2.05, 4.69) is 5.32 Å². The van der Waals surface area contributed by atoms with Gasteiger partial charge in [0.15, 0.2) is 0 Å². The maximum Gasteiger partial charge on any atom is 0.292 e. The van der Waals surface area contributed by atoms with E-state index < -0.39 is 10.8 Å². The van der Waals surface area contributed by atoms with Gasteiger partial charge in [-0.2, -0.15) is 0 Å². The summed E-state index contributed by atoms with van der Waals surface area (Å²) in [6.45, 7) is 0.482. The minimum absolute atomic E-state index is 0.0449. The molecule has 0 aromatic heterocycles. The summed E-state index contributed by atoms with van der Waals surface area (Å²) < 4.78 is 0. The Labute approximate surface area is 122 Å². The van der Waals surface area contributed by atoms with Crippen molar-refractivity contribution in [3.05, 3.63) is 33.9 Å². The van der Waals surface area contributed by atoms with Gasteiger partial charge in [0.1, 0.15) is 5.69 Å². The van der Waals surface area contributed by atoms with Gasteiger partial charge in [-0.3, -0.25) is 14.9 Å². The van der Waals surface area contributed by atoms with Gasteiger partial charge in [-0.05, 0) is 25.0 Å². The normalized spacial score (nSPS) is 16.6. The molecule has 0 bridgehead atoms. The monoisotopic (exact) mass is 293 g/mol. The molecule has 1 amide bonds. The Morgan fingerprint density at radius 1 is 1.43 bits per heavy atom. The number of nitrogens with one attached hydrogen (secondary N) is 1. The topological polar surface area (TPSA) is 118 Å². The van der Waals surface area contributed by atoms with Crippen LogP contribution >= 0.6 is 0 Å². The van der Waals surface area contributed by atoms with Crippen LogP contribution in [0.1, 0.15) is 36.0 Å². The molecule has 114 valence electrons. The predicted octanol–water partition coefficient (Wildman–Crippen LogP) is 1.66. The molecule has 7 heteroatoms. The van der Waals surface area contributed by atoms with Crippen molar-refractivity contribution in [1.82, 2.24) is 0 Å². The molecule has 0 heterocycles. The van der Waals surface area contributed by atoms with Crippen LogP contribution in [0.3, 0.4) is 0 Å². The van der Waals surface area contributed by atoms with Crippen LogP contribution in [-0.2, 0) is 0 Å². The Morgan fingerprint density at radius 2 is 2.10 bits per heavy atom. The fraction of sp³-hybridized carbons (Fsp3) is 0.500. The molecule has 2 rings (SSSR count). The zero-order valence-corrected chi connectivity index (χ0v) is 11.7. The molecule has 7 nitrogen and oxygen atoms in total. The zero-order valence-electron chi connectivity index (χ0n) is 11.7. The lowest BCUT2D eigenvalue weighted by molar-refractivity contribution is -0.384.